The third-order valence-electron chi connectivity index (χ3n) is 3.06. The minimum absolute atomic E-state index is 0.156. The summed E-state index contributed by atoms with van der Waals surface area (Å²) in [6.07, 6.45) is 3.14. The van der Waals surface area contributed by atoms with Gasteiger partial charge in [0.25, 0.3) is 0 Å². The van der Waals surface area contributed by atoms with E-state index in [0.717, 1.165) is 10.0 Å². The number of amides is 3. The summed E-state index contributed by atoms with van der Waals surface area (Å²) in [5.41, 5.74) is 0.322. The lowest BCUT2D eigenvalue weighted by Gasteiger charge is -2.19. The fourth-order valence-corrected chi connectivity index (χ4v) is 2.13. The second-order valence-corrected chi connectivity index (χ2v) is 7.65. The number of nitrogens with one attached hydrogen (secondary N) is 3. The maximum absolute atomic E-state index is 11.7. The Morgan fingerprint density at radius 3 is 2.30 bits per heavy atom. The molecule has 0 bridgehead atoms. The van der Waals surface area contributed by atoms with Gasteiger partial charge in [-0.3, -0.25) is 9.59 Å². The van der Waals surface area contributed by atoms with Crippen molar-refractivity contribution in [3.8, 4) is 0 Å². The minimum Gasteiger partial charge on any atom is -0.444 e. The zero-order chi connectivity index (χ0) is 20.3. The van der Waals surface area contributed by atoms with Crippen molar-refractivity contribution in [2.45, 2.75) is 32.8 Å². The second kappa shape index (κ2) is 11.4. The van der Waals surface area contributed by atoms with Crippen molar-refractivity contribution in [1.29, 1.82) is 0 Å². The van der Waals surface area contributed by atoms with E-state index in [1.54, 1.807) is 26.8 Å². The van der Waals surface area contributed by atoms with Crippen molar-refractivity contribution in [2.75, 3.05) is 19.6 Å². The second-order valence-electron chi connectivity index (χ2n) is 6.73. The first-order valence-corrected chi connectivity index (χ1v) is 9.40. The van der Waals surface area contributed by atoms with E-state index >= 15 is 0 Å². The lowest BCUT2D eigenvalue weighted by atomic mass is 10.2. The van der Waals surface area contributed by atoms with Crippen molar-refractivity contribution >= 4 is 39.9 Å². The van der Waals surface area contributed by atoms with E-state index in [0.29, 0.717) is 19.5 Å². The van der Waals surface area contributed by atoms with Crippen molar-refractivity contribution in [3.63, 3.8) is 0 Å². The molecule has 8 heteroatoms. The summed E-state index contributed by atoms with van der Waals surface area (Å²) in [4.78, 5) is 34.8. The molecule has 0 saturated carbocycles. The van der Waals surface area contributed by atoms with Gasteiger partial charge in [0.2, 0.25) is 11.8 Å². The van der Waals surface area contributed by atoms with E-state index in [-0.39, 0.29) is 18.4 Å². The molecule has 1 aromatic rings. The first-order chi connectivity index (χ1) is 12.7. The molecule has 0 aromatic heterocycles. The molecule has 0 unspecified atom stereocenters. The van der Waals surface area contributed by atoms with Crippen LogP contribution in [0.15, 0.2) is 34.8 Å². The summed E-state index contributed by atoms with van der Waals surface area (Å²) < 4.78 is 6.01. The molecule has 1 aromatic carbocycles. The lowest BCUT2D eigenvalue weighted by Crippen LogP contribution is -2.40. The van der Waals surface area contributed by atoms with Gasteiger partial charge in [-0.2, -0.15) is 0 Å². The average Bonchev–Trinajstić information content (AvgIpc) is 2.57. The number of carbonyl (C=O) groups excluding carboxylic acids is 3. The van der Waals surface area contributed by atoms with Crippen LogP contribution in [0.2, 0.25) is 0 Å². The molecule has 3 amide bonds. The van der Waals surface area contributed by atoms with E-state index < -0.39 is 11.7 Å². The zero-order valence-corrected chi connectivity index (χ0v) is 17.4. The van der Waals surface area contributed by atoms with Gasteiger partial charge in [0, 0.05) is 23.6 Å². The molecule has 0 fully saturated rings. The highest BCUT2D eigenvalue weighted by Gasteiger charge is 2.16. The molecule has 0 spiro atoms. The largest absolute Gasteiger partial charge is 0.444 e. The Morgan fingerprint density at radius 1 is 1.04 bits per heavy atom. The van der Waals surface area contributed by atoms with Crippen LogP contribution in [0.3, 0.4) is 0 Å². The molecule has 148 valence electrons. The molecular weight excluding hydrogens is 414 g/mol. The van der Waals surface area contributed by atoms with Gasteiger partial charge in [0.15, 0.2) is 0 Å². The molecule has 0 aliphatic rings. The molecule has 3 N–H and O–H groups in total. The summed E-state index contributed by atoms with van der Waals surface area (Å²) in [6.45, 7) is 5.91. The van der Waals surface area contributed by atoms with E-state index in [1.165, 1.54) is 6.08 Å². The Labute approximate surface area is 168 Å². The molecule has 0 saturated heterocycles. The van der Waals surface area contributed by atoms with Gasteiger partial charge < -0.3 is 20.7 Å². The molecule has 0 radical (unpaired) electrons. The predicted molar refractivity (Wildman–Crippen MR) is 108 cm³/mol. The van der Waals surface area contributed by atoms with Crippen LogP contribution in [0.25, 0.3) is 6.08 Å². The fourth-order valence-electron chi connectivity index (χ4n) is 1.86. The van der Waals surface area contributed by atoms with E-state index in [2.05, 4.69) is 31.9 Å². The third-order valence-corrected chi connectivity index (χ3v) is 3.59. The number of ether oxygens (including phenoxy) is 1. The Kier molecular flexibility index (Phi) is 9.56. The topological polar surface area (TPSA) is 96.5 Å². The van der Waals surface area contributed by atoms with Gasteiger partial charge >= 0.3 is 6.09 Å². The molecule has 27 heavy (non-hydrogen) atoms. The van der Waals surface area contributed by atoms with Crippen LogP contribution in [0, 0.1) is 0 Å². The molecule has 7 nitrogen and oxygen atoms in total. The minimum atomic E-state index is -0.637. The number of halogens is 1. The molecular formula is C19H26BrN3O4. The molecule has 0 aliphatic carbocycles. The Morgan fingerprint density at radius 2 is 1.67 bits per heavy atom. The smallest absolute Gasteiger partial charge is 0.408 e. The number of hydrogen-bond donors (Lipinski definition) is 3. The maximum Gasteiger partial charge on any atom is 0.408 e. The predicted octanol–water partition coefficient (Wildman–Crippen LogP) is 2.61. The summed E-state index contributed by atoms with van der Waals surface area (Å²) in [5, 5.41) is 7.77. The average molecular weight is 440 g/mol. The van der Waals surface area contributed by atoms with Gasteiger partial charge in [-0.1, -0.05) is 28.1 Å². The van der Waals surface area contributed by atoms with Crippen molar-refractivity contribution in [1.82, 2.24) is 16.0 Å². The molecule has 0 aliphatic heterocycles. The molecule has 0 heterocycles. The van der Waals surface area contributed by atoms with E-state index in [1.807, 2.05) is 24.3 Å². The van der Waals surface area contributed by atoms with Crippen LogP contribution in [-0.4, -0.2) is 43.1 Å². The number of rotatable bonds is 8. The van der Waals surface area contributed by atoms with Gasteiger partial charge in [-0.15, -0.1) is 0 Å². The van der Waals surface area contributed by atoms with Gasteiger partial charge in [0.1, 0.15) is 5.60 Å². The summed E-state index contributed by atoms with van der Waals surface area (Å²) in [5.74, 6) is -0.516. The van der Waals surface area contributed by atoms with Gasteiger partial charge in [0.05, 0.1) is 6.54 Å². The Bertz CT molecular complexity index is 667. The van der Waals surface area contributed by atoms with Crippen LogP contribution in [0.5, 0.6) is 0 Å². The van der Waals surface area contributed by atoms with Crippen molar-refractivity contribution in [2.24, 2.45) is 0 Å². The van der Waals surface area contributed by atoms with Crippen LogP contribution >= 0.6 is 15.9 Å². The number of hydrogen-bond acceptors (Lipinski definition) is 4. The first kappa shape index (κ1) is 22.7. The maximum atomic E-state index is 11.7. The van der Waals surface area contributed by atoms with Gasteiger partial charge in [-0.05, 0) is 51.0 Å². The van der Waals surface area contributed by atoms with Crippen molar-refractivity contribution in [3.05, 3.63) is 40.4 Å². The Balaban J connectivity index is 2.12. The fraction of sp³-hybridized carbons (Fsp3) is 0.421. The highest BCUT2D eigenvalue weighted by Crippen LogP contribution is 2.11. The van der Waals surface area contributed by atoms with Crippen molar-refractivity contribution < 1.29 is 19.1 Å². The summed E-state index contributed by atoms with van der Waals surface area (Å²) in [7, 11) is 0. The molecule has 0 atom stereocenters. The normalized spacial score (nSPS) is 11.1. The van der Waals surface area contributed by atoms with E-state index in [4.69, 9.17) is 4.74 Å². The van der Waals surface area contributed by atoms with Crippen LogP contribution in [0.1, 0.15) is 32.8 Å². The highest BCUT2D eigenvalue weighted by atomic mass is 79.9. The van der Waals surface area contributed by atoms with Crippen LogP contribution < -0.4 is 16.0 Å². The SMILES string of the molecule is CC(C)(C)OC(=O)NCC(=O)NCCCNC(=O)/C=C/c1ccc(Br)cc1. The lowest BCUT2D eigenvalue weighted by molar-refractivity contribution is -0.120. The van der Waals surface area contributed by atoms with Gasteiger partial charge in [-0.25, -0.2) is 4.79 Å². The Hall–Kier alpha value is -2.35. The molecule has 1 rings (SSSR count). The standard InChI is InChI=1S/C19H26BrN3O4/c1-19(2,3)27-18(26)23-13-17(25)22-12-4-11-21-16(24)10-7-14-5-8-15(20)9-6-14/h5-10H,4,11-13H2,1-3H3,(H,21,24)(H,22,25)(H,23,26)/b10-7+. The number of benzene rings is 1. The zero-order valence-electron chi connectivity index (χ0n) is 15.8. The monoisotopic (exact) mass is 439 g/mol. The quantitative estimate of drug-likeness (QED) is 0.428. The first-order valence-electron chi connectivity index (χ1n) is 8.61. The highest BCUT2D eigenvalue weighted by molar-refractivity contribution is 9.10. The van der Waals surface area contributed by atoms with E-state index in [9.17, 15) is 14.4 Å². The number of alkyl carbamates (subject to hydrolysis) is 1. The number of carbonyl (C=O) groups is 3. The third kappa shape index (κ3) is 11.8. The summed E-state index contributed by atoms with van der Waals surface area (Å²) >= 11 is 3.35. The van der Waals surface area contributed by atoms with Crippen LogP contribution in [0.4, 0.5) is 4.79 Å². The summed E-state index contributed by atoms with van der Waals surface area (Å²) in [6, 6.07) is 7.60. The van der Waals surface area contributed by atoms with Crippen LogP contribution in [-0.2, 0) is 14.3 Å².